The number of rotatable bonds is 3. The molecule has 2 aromatic carbocycles. The van der Waals surface area contributed by atoms with E-state index < -0.39 is 16.4 Å². The molecule has 0 atom stereocenters. The van der Waals surface area contributed by atoms with Gasteiger partial charge in [-0.25, -0.2) is 0 Å². The number of hydrogen-bond acceptors (Lipinski definition) is 5. The standard InChI is InChI=1S/C15H10N4O4S/c20-13(9-4-3-5-10(8-9)19(22)23)17-18-14(21)11-6-1-2-7-12(11)16-15(18)24/h1-8H,(H,16,24)(H,17,20). The summed E-state index contributed by atoms with van der Waals surface area (Å²) in [7, 11) is 0. The zero-order valence-corrected chi connectivity index (χ0v) is 12.9. The van der Waals surface area contributed by atoms with E-state index in [0.29, 0.717) is 10.9 Å². The maximum absolute atomic E-state index is 12.4. The first-order chi connectivity index (χ1) is 11.5. The Kier molecular flexibility index (Phi) is 3.92. The Balaban J connectivity index is 2.02. The average Bonchev–Trinajstić information content (AvgIpc) is 2.58. The van der Waals surface area contributed by atoms with Crippen LogP contribution < -0.4 is 11.0 Å². The lowest BCUT2D eigenvalue weighted by Crippen LogP contribution is -2.34. The molecule has 3 aromatic rings. The fourth-order valence-corrected chi connectivity index (χ4v) is 2.43. The minimum absolute atomic E-state index is 0.0116. The van der Waals surface area contributed by atoms with Gasteiger partial charge < -0.3 is 4.98 Å². The summed E-state index contributed by atoms with van der Waals surface area (Å²) in [5.74, 6) is -0.685. The smallest absolute Gasteiger partial charge is 0.281 e. The van der Waals surface area contributed by atoms with Gasteiger partial charge in [0.25, 0.3) is 17.2 Å². The van der Waals surface area contributed by atoms with Crippen molar-refractivity contribution in [3.05, 3.63) is 79.3 Å². The lowest BCUT2D eigenvalue weighted by Gasteiger charge is -2.09. The molecule has 8 nitrogen and oxygen atoms in total. The third kappa shape index (κ3) is 2.79. The summed E-state index contributed by atoms with van der Waals surface area (Å²) < 4.78 is 0.913. The van der Waals surface area contributed by atoms with E-state index in [4.69, 9.17) is 12.2 Å². The van der Waals surface area contributed by atoms with Crippen LogP contribution in [0.5, 0.6) is 0 Å². The van der Waals surface area contributed by atoms with E-state index in [1.165, 1.54) is 18.2 Å². The molecule has 2 N–H and O–H groups in total. The average molecular weight is 342 g/mol. The van der Waals surface area contributed by atoms with Crippen LogP contribution in [0.2, 0.25) is 0 Å². The van der Waals surface area contributed by atoms with Crippen molar-refractivity contribution in [3.8, 4) is 0 Å². The molecule has 0 spiro atoms. The first-order valence-electron chi connectivity index (χ1n) is 6.77. The Bertz CT molecular complexity index is 1090. The molecular formula is C15H10N4O4S. The number of carbonyl (C=O) groups is 1. The van der Waals surface area contributed by atoms with Crippen LogP contribution in [0.1, 0.15) is 10.4 Å². The number of H-pyrrole nitrogens is 1. The minimum Gasteiger partial charge on any atom is -0.330 e. The molecule has 0 bridgehead atoms. The molecule has 0 saturated carbocycles. The van der Waals surface area contributed by atoms with E-state index in [2.05, 4.69) is 10.4 Å². The van der Waals surface area contributed by atoms with Gasteiger partial charge in [0.2, 0.25) is 0 Å². The summed E-state index contributed by atoms with van der Waals surface area (Å²) in [6.07, 6.45) is 0. The van der Waals surface area contributed by atoms with Crippen molar-refractivity contribution >= 4 is 34.7 Å². The van der Waals surface area contributed by atoms with Gasteiger partial charge in [-0.1, -0.05) is 18.2 Å². The molecule has 0 radical (unpaired) electrons. The predicted octanol–water partition coefficient (Wildman–Crippen LogP) is 2.35. The highest BCUT2D eigenvalue weighted by molar-refractivity contribution is 7.71. The minimum atomic E-state index is -0.685. The third-order valence-electron chi connectivity index (χ3n) is 3.34. The van der Waals surface area contributed by atoms with Gasteiger partial charge >= 0.3 is 0 Å². The molecule has 1 heterocycles. The maximum atomic E-state index is 12.4. The highest BCUT2D eigenvalue weighted by atomic mass is 32.1. The lowest BCUT2D eigenvalue weighted by molar-refractivity contribution is -0.384. The molecule has 1 aromatic heterocycles. The van der Waals surface area contributed by atoms with E-state index in [-0.39, 0.29) is 16.0 Å². The molecule has 24 heavy (non-hydrogen) atoms. The highest BCUT2D eigenvalue weighted by Crippen LogP contribution is 2.13. The molecule has 0 saturated heterocycles. The lowest BCUT2D eigenvalue weighted by atomic mass is 10.2. The van der Waals surface area contributed by atoms with Crippen LogP contribution in [0, 0.1) is 14.9 Å². The summed E-state index contributed by atoms with van der Waals surface area (Å²) in [5, 5.41) is 11.1. The molecule has 9 heteroatoms. The van der Waals surface area contributed by atoms with Crippen LogP contribution in [-0.4, -0.2) is 20.5 Å². The fraction of sp³-hybridized carbons (Fsp3) is 0. The summed E-state index contributed by atoms with van der Waals surface area (Å²) in [6, 6.07) is 11.9. The molecule has 1 amide bonds. The number of nitro groups is 1. The topological polar surface area (TPSA) is 110 Å². The van der Waals surface area contributed by atoms with E-state index in [9.17, 15) is 19.7 Å². The molecule has 0 unspecified atom stereocenters. The van der Waals surface area contributed by atoms with Crippen LogP contribution in [-0.2, 0) is 0 Å². The van der Waals surface area contributed by atoms with Crippen LogP contribution in [0.15, 0.2) is 53.3 Å². The van der Waals surface area contributed by atoms with E-state index >= 15 is 0 Å². The highest BCUT2D eigenvalue weighted by Gasteiger charge is 2.13. The van der Waals surface area contributed by atoms with Gasteiger partial charge in [-0.05, 0) is 30.4 Å². The Morgan fingerprint density at radius 1 is 1.21 bits per heavy atom. The van der Waals surface area contributed by atoms with Gasteiger partial charge in [0.15, 0.2) is 4.77 Å². The summed E-state index contributed by atoms with van der Waals surface area (Å²) in [5.41, 5.74) is 2.23. The largest absolute Gasteiger partial charge is 0.330 e. The van der Waals surface area contributed by atoms with Gasteiger partial charge in [0, 0.05) is 17.7 Å². The molecule has 3 rings (SSSR count). The van der Waals surface area contributed by atoms with Gasteiger partial charge in [-0.3, -0.25) is 25.1 Å². The number of fused-ring (bicyclic) bond motifs is 1. The molecule has 0 aliphatic heterocycles. The van der Waals surface area contributed by atoms with Gasteiger partial charge in [-0.2, -0.15) is 4.68 Å². The van der Waals surface area contributed by atoms with Crippen molar-refractivity contribution in [2.24, 2.45) is 0 Å². The number of non-ortho nitro benzene ring substituents is 1. The first-order valence-corrected chi connectivity index (χ1v) is 7.18. The number of nitrogens with zero attached hydrogens (tertiary/aromatic N) is 2. The van der Waals surface area contributed by atoms with Gasteiger partial charge in [0.1, 0.15) is 0 Å². The second-order valence-electron chi connectivity index (χ2n) is 4.86. The molecule has 120 valence electrons. The quantitative estimate of drug-likeness (QED) is 0.431. The first kappa shape index (κ1) is 15.6. The Labute approximate surface area is 139 Å². The Morgan fingerprint density at radius 3 is 2.71 bits per heavy atom. The second-order valence-corrected chi connectivity index (χ2v) is 5.25. The van der Waals surface area contributed by atoms with Crippen LogP contribution in [0.25, 0.3) is 10.9 Å². The van der Waals surface area contributed by atoms with Crippen LogP contribution >= 0.6 is 12.2 Å². The number of nitro benzene ring substituents is 1. The normalized spacial score (nSPS) is 10.5. The zero-order valence-electron chi connectivity index (χ0n) is 12.1. The number of para-hydroxylation sites is 1. The number of carbonyl (C=O) groups excluding carboxylic acids is 1. The Hall–Kier alpha value is -3.33. The number of benzene rings is 2. The van der Waals surface area contributed by atoms with Crippen molar-refractivity contribution in [2.45, 2.75) is 0 Å². The Morgan fingerprint density at radius 2 is 1.96 bits per heavy atom. The van der Waals surface area contributed by atoms with E-state index in [1.807, 2.05) is 0 Å². The van der Waals surface area contributed by atoms with Gasteiger partial charge in [-0.15, -0.1) is 0 Å². The third-order valence-corrected chi connectivity index (χ3v) is 3.62. The number of nitrogens with one attached hydrogen (secondary N) is 2. The summed E-state index contributed by atoms with van der Waals surface area (Å²) >= 11 is 5.09. The summed E-state index contributed by atoms with van der Waals surface area (Å²) in [4.78, 5) is 37.7. The number of amides is 1. The van der Waals surface area contributed by atoms with Crippen LogP contribution in [0.4, 0.5) is 5.69 Å². The maximum Gasteiger partial charge on any atom is 0.281 e. The van der Waals surface area contributed by atoms with Crippen molar-refractivity contribution < 1.29 is 9.72 Å². The SMILES string of the molecule is O=C(Nn1c(=S)[nH]c2ccccc2c1=O)c1cccc([N+](=O)[O-])c1. The number of aromatic nitrogens is 2. The molecular weight excluding hydrogens is 332 g/mol. The second kappa shape index (κ2) is 6.05. The molecule has 0 aliphatic carbocycles. The van der Waals surface area contributed by atoms with Crippen molar-refractivity contribution in [1.29, 1.82) is 0 Å². The molecule has 0 fully saturated rings. The molecule has 0 aliphatic rings. The van der Waals surface area contributed by atoms with Crippen molar-refractivity contribution in [1.82, 2.24) is 9.66 Å². The fourth-order valence-electron chi connectivity index (χ4n) is 2.19. The number of aromatic amines is 1. The van der Waals surface area contributed by atoms with Crippen LogP contribution in [0.3, 0.4) is 0 Å². The number of hydrogen-bond donors (Lipinski definition) is 2. The van der Waals surface area contributed by atoms with Gasteiger partial charge in [0.05, 0.1) is 15.8 Å². The van der Waals surface area contributed by atoms with Crippen molar-refractivity contribution in [2.75, 3.05) is 5.43 Å². The van der Waals surface area contributed by atoms with Crippen molar-refractivity contribution in [3.63, 3.8) is 0 Å². The zero-order chi connectivity index (χ0) is 17.3. The van der Waals surface area contributed by atoms with E-state index in [0.717, 1.165) is 10.7 Å². The monoisotopic (exact) mass is 342 g/mol. The summed E-state index contributed by atoms with van der Waals surface area (Å²) in [6.45, 7) is 0. The van der Waals surface area contributed by atoms with E-state index in [1.54, 1.807) is 24.3 Å². The predicted molar refractivity (Wildman–Crippen MR) is 90.2 cm³/mol.